The van der Waals surface area contributed by atoms with Crippen LogP contribution in [0.25, 0.3) is 6.08 Å². The van der Waals surface area contributed by atoms with E-state index < -0.39 is 33.4 Å². The minimum atomic E-state index is -0.550. The van der Waals surface area contributed by atoms with Crippen LogP contribution in [0.4, 0.5) is 0 Å². The average molecular weight is 1090 g/mol. The number of hydrogen-bond donors (Lipinski definition) is 5. The van der Waals surface area contributed by atoms with Crippen LogP contribution in [0.1, 0.15) is 81.9 Å². The van der Waals surface area contributed by atoms with Crippen LogP contribution in [-0.4, -0.2) is 65.6 Å². The third-order valence-corrected chi connectivity index (χ3v) is 9.26. The summed E-state index contributed by atoms with van der Waals surface area (Å²) in [7, 11) is 1.38. The standard InChI is InChI=1S/C12H18O7.C12H14O4.C9H10O3.C7H8O4.C7H8O3.C6H6O3/c1-3-10-12(14)9(13)5-11(19-10)18-8-17-7-16-6-15-4-2;1-4-5-8(2)12(14)16-11-9(3)15-7-6-10(11)13;1-3-6-5-7(10)9(11)8(4-2)12-6;1-4-7(9)5(8)3-6(10-2)11-4;1-2-6-7(9)5(8)3-4-10-6;1-4-6(8)5(7)2-3-9-4/h5,14H,3-4,6-8H2,1-2H3;4-8H,1-3H3;3,5,11H,1,4H2,2H3;3,9H,1-2H3;3-4,9H,2H2,1H3;2-3,8H,1H3/b;5-4-;;;;. The first-order valence-corrected chi connectivity index (χ1v) is 23.1. The first-order valence-electron chi connectivity index (χ1n) is 23.1. The lowest BCUT2D eigenvalue weighted by Crippen LogP contribution is -2.20. The van der Waals surface area contributed by atoms with Crippen molar-refractivity contribution in [2.24, 2.45) is 5.92 Å². The Hall–Kier alpha value is -8.87. The molecule has 0 saturated carbocycles. The van der Waals surface area contributed by atoms with Crippen LogP contribution in [-0.2, 0) is 38.3 Å². The predicted molar refractivity (Wildman–Crippen MR) is 276 cm³/mol. The van der Waals surface area contributed by atoms with E-state index in [-0.39, 0.29) is 95.1 Å². The molecule has 6 heterocycles. The van der Waals surface area contributed by atoms with Gasteiger partial charge in [-0.1, -0.05) is 39.5 Å². The zero-order valence-electron chi connectivity index (χ0n) is 44.2. The molecule has 420 valence electrons. The minimum Gasteiger partial charge on any atom is -0.502 e. The highest BCUT2D eigenvalue weighted by atomic mass is 16.8. The van der Waals surface area contributed by atoms with Gasteiger partial charge in [0.15, 0.2) is 25.1 Å². The molecule has 24 heteroatoms. The third kappa shape index (κ3) is 23.1. The van der Waals surface area contributed by atoms with Gasteiger partial charge in [0.05, 0.1) is 43.9 Å². The van der Waals surface area contributed by atoms with Crippen molar-refractivity contribution in [2.75, 3.05) is 34.1 Å². The van der Waals surface area contributed by atoms with Crippen molar-refractivity contribution >= 4 is 12.0 Å². The second kappa shape index (κ2) is 35.4. The van der Waals surface area contributed by atoms with Gasteiger partial charge in [-0.05, 0) is 47.6 Å². The summed E-state index contributed by atoms with van der Waals surface area (Å²) in [4.78, 5) is 77.4. The van der Waals surface area contributed by atoms with Crippen LogP contribution in [0.15, 0.2) is 129 Å². The van der Waals surface area contributed by atoms with E-state index in [1.54, 1.807) is 46.8 Å². The smallest absolute Gasteiger partial charge is 0.318 e. The maximum absolute atomic E-state index is 11.6. The first kappa shape index (κ1) is 66.1. The molecule has 0 aliphatic heterocycles. The van der Waals surface area contributed by atoms with Gasteiger partial charge in [0.25, 0.3) is 11.9 Å². The highest BCUT2D eigenvalue weighted by Gasteiger charge is 2.17. The summed E-state index contributed by atoms with van der Waals surface area (Å²) in [6.45, 7) is 19.3. The van der Waals surface area contributed by atoms with E-state index in [0.717, 1.165) is 12.1 Å². The van der Waals surface area contributed by atoms with E-state index in [1.807, 2.05) is 13.8 Å². The number of methoxy groups -OCH3 is 1. The van der Waals surface area contributed by atoms with E-state index in [1.165, 1.54) is 70.1 Å². The second-order valence-electron chi connectivity index (χ2n) is 14.8. The number of ether oxygens (including phenoxy) is 6. The van der Waals surface area contributed by atoms with E-state index >= 15 is 0 Å². The number of carbonyl (C=O) groups is 1. The Balaban J connectivity index is 0.000000471. The van der Waals surface area contributed by atoms with Crippen LogP contribution >= 0.6 is 0 Å². The molecule has 0 fully saturated rings. The fraction of sp³-hybridized carbons (Fsp3) is 0.340. The van der Waals surface area contributed by atoms with Gasteiger partial charge in [-0.3, -0.25) is 33.6 Å². The molecule has 77 heavy (non-hydrogen) atoms. The van der Waals surface area contributed by atoms with Gasteiger partial charge in [-0.25, -0.2) is 0 Å². The molecule has 6 aromatic rings. The Kier molecular flexibility index (Phi) is 30.4. The lowest BCUT2D eigenvalue weighted by atomic mass is 10.2. The minimum absolute atomic E-state index is 0.00293. The number of hydrogen-bond acceptors (Lipinski definition) is 24. The molecule has 0 spiro atoms. The van der Waals surface area contributed by atoms with Crippen LogP contribution in [0.2, 0.25) is 0 Å². The van der Waals surface area contributed by atoms with Crippen molar-refractivity contribution in [3.05, 3.63) is 176 Å². The molecule has 0 aromatic carbocycles. The summed E-state index contributed by atoms with van der Waals surface area (Å²) in [5, 5.41) is 45.3. The van der Waals surface area contributed by atoms with Gasteiger partial charge in [-0.15, -0.1) is 0 Å². The van der Waals surface area contributed by atoms with E-state index in [2.05, 4.69) is 15.7 Å². The third-order valence-electron chi connectivity index (χ3n) is 9.26. The highest BCUT2D eigenvalue weighted by molar-refractivity contribution is 5.76. The molecule has 0 radical (unpaired) electrons. The van der Waals surface area contributed by atoms with Crippen molar-refractivity contribution < 1.29 is 85.3 Å². The fourth-order valence-corrected chi connectivity index (χ4v) is 5.16. The second-order valence-corrected chi connectivity index (χ2v) is 14.8. The molecular formula is C53H64O24. The molecule has 1 atom stereocenters. The van der Waals surface area contributed by atoms with Gasteiger partial charge >= 0.3 is 5.97 Å². The molecular weight excluding hydrogens is 1020 g/mol. The summed E-state index contributed by atoms with van der Waals surface area (Å²) < 4.78 is 59.2. The number of aryl methyl sites for hydroxylation is 6. The highest BCUT2D eigenvalue weighted by Crippen LogP contribution is 2.20. The molecule has 0 bridgehead atoms. The summed E-state index contributed by atoms with van der Waals surface area (Å²) >= 11 is 0. The average Bonchev–Trinajstić information content (AvgIpc) is 3.41. The Morgan fingerprint density at radius 2 is 1.06 bits per heavy atom. The molecule has 6 aromatic heterocycles. The number of aromatic hydroxyl groups is 5. The first-order chi connectivity index (χ1) is 36.5. The molecule has 5 N–H and O–H groups in total. The Bertz CT molecular complexity index is 3170. The van der Waals surface area contributed by atoms with Gasteiger partial charge < -0.3 is 80.5 Å². The maximum atomic E-state index is 11.6. The van der Waals surface area contributed by atoms with Crippen LogP contribution in [0, 0.1) is 26.7 Å². The van der Waals surface area contributed by atoms with E-state index in [4.69, 9.17) is 61.1 Å². The quantitative estimate of drug-likeness (QED) is 0.0280. The van der Waals surface area contributed by atoms with Crippen LogP contribution in [0.5, 0.6) is 46.4 Å². The van der Waals surface area contributed by atoms with E-state index in [0.29, 0.717) is 48.9 Å². The van der Waals surface area contributed by atoms with Gasteiger partial charge in [0.1, 0.15) is 35.6 Å². The summed E-state index contributed by atoms with van der Waals surface area (Å²) in [5.74, 6) is -0.533. The number of esters is 1. The number of carbonyl (C=O) groups excluding carboxylic acids is 1. The van der Waals surface area contributed by atoms with Crippen molar-refractivity contribution in [2.45, 2.75) is 81.6 Å². The SMILES string of the molecule is C/C=C\C(C)C(=O)Oc1c(C)occc1=O.C=Cc1cc(=O)c(O)c(CC)o1.CCOCOCOCOc1cc(=O)c(O)c(CC)o1.CCc1occc(=O)c1O.COc1cc(=O)c(O)c(C)o1.Cc1occc(=O)c1O. The van der Waals surface area contributed by atoms with E-state index in [9.17, 15) is 43.8 Å². The molecule has 0 saturated heterocycles. The molecule has 0 aliphatic carbocycles. The Labute approximate surface area is 439 Å². The van der Waals surface area contributed by atoms with Crippen LogP contribution < -0.4 is 46.8 Å². The maximum Gasteiger partial charge on any atom is 0.318 e. The van der Waals surface area contributed by atoms with Gasteiger partial charge in [0.2, 0.25) is 67.1 Å². The molecule has 24 nitrogen and oxygen atoms in total. The summed E-state index contributed by atoms with van der Waals surface area (Å²) in [5.41, 5.74) is -2.61. The Morgan fingerprint density at radius 1 is 0.584 bits per heavy atom. The predicted octanol–water partition coefficient (Wildman–Crippen LogP) is 7.07. The zero-order valence-corrected chi connectivity index (χ0v) is 44.2. The molecule has 6 rings (SSSR count). The molecule has 1 unspecified atom stereocenters. The normalized spacial score (nSPS) is 10.5. The summed E-state index contributed by atoms with van der Waals surface area (Å²) in [6, 6.07) is 6.93. The number of rotatable bonds is 16. The van der Waals surface area contributed by atoms with Crippen molar-refractivity contribution in [1.82, 2.24) is 0 Å². The topological polar surface area (TPSA) is 355 Å². The lowest BCUT2D eigenvalue weighted by molar-refractivity contribution is -0.153. The zero-order chi connectivity index (χ0) is 58.2. The van der Waals surface area contributed by atoms with Crippen LogP contribution in [0.3, 0.4) is 0 Å². The molecule has 0 aliphatic rings. The molecule has 0 amide bonds. The monoisotopic (exact) mass is 1080 g/mol. The van der Waals surface area contributed by atoms with Crippen molar-refractivity contribution in [3.8, 4) is 46.4 Å². The summed E-state index contributed by atoms with van der Waals surface area (Å²) in [6.07, 6.45) is 10.1. The number of allylic oxidation sites excluding steroid dienone is 1. The Morgan fingerprint density at radius 3 is 1.57 bits per heavy atom. The van der Waals surface area contributed by atoms with Crippen molar-refractivity contribution in [1.29, 1.82) is 0 Å². The fourth-order valence-electron chi connectivity index (χ4n) is 5.16. The largest absolute Gasteiger partial charge is 0.502 e. The lowest BCUT2D eigenvalue weighted by Gasteiger charge is -2.08. The van der Waals surface area contributed by atoms with Gasteiger partial charge in [-0.2, -0.15) is 0 Å². The van der Waals surface area contributed by atoms with Crippen molar-refractivity contribution in [3.63, 3.8) is 0 Å². The van der Waals surface area contributed by atoms with Gasteiger partial charge in [0, 0.05) is 50.1 Å².